The summed E-state index contributed by atoms with van der Waals surface area (Å²) < 4.78 is 6.85. The molecule has 1 heteroatoms. The molecular formula is C48H32O. The highest BCUT2D eigenvalue weighted by atomic mass is 16.3. The van der Waals surface area contributed by atoms with E-state index >= 15 is 0 Å². The van der Waals surface area contributed by atoms with Crippen LogP contribution in [0.1, 0.15) is 18.4 Å². The number of furan rings is 1. The molecule has 1 heterocycles. The molecule has 0 N–H and O–H groups in total. The molecule has 1 aliphatic rings. The van der Waals surface area contributed by atoms with Gasteiger partial charge in [0.25, 0.3) is 0 Å². The second-order valence-corrected chi connectivity index (χ2v) is 13.0. The second kappa shape index (κ2) is 11.2. The summed E-state index contributed by atoms with van der Waals surface area (Å²) in [5.41, 5.74) is 11.8. The summed E-state index contributed by atoms with van der Waals surface area (Å²) in [5, 5.41) is 9.91. The Kier molecular flexibility index (Phi) is 6.38. The molecule has 1 aromatic heterocycles. The zero-order valence-electron chi connectivity index (χ0n) is 27.0. The molecule has 0 fully saturated rings. The van der Waals surface area contributed by atoms with E-state index in [9.17, 15) is 0 Å². The number of rotatable bonds is 4. The molecule has 9 aromatic rings. The number of para-hydroxylation sites is 1. The van der Waals surface area contributed by atoms with Crippen molar-refractivity contribution in [1.29, 1.82) is 0 Å². The zero-order chi connectivity index (χ0) is 32.3. The molecule has 0 unspecified atom stereocenters. The minimum atomic E-state index is 0.915. The van der Waals surface area contributed by atoms with Crippen LogP contribution < -0.4 is 0 Å². The number of hydrogen-bond acceptors (Lipinski definition) is 1. The van der Waals surface area contributed by atoms with Gasteiger partial charge in [0, 0.05) is 21.7 Å². The van der Waals surface area contributed by atoms with Crippen molar-refractivity contribution in [3.05, 3.63) is 175 Å². The summed E-state index contributed by atoms with van der Waals surface area (Å²) in [6, 6.07) is 55.1. The van der Waals surface area contributed by atoms with Crippen molar-refractivity contribution in [3.63, 3.8) is 0 Å². The van der Waals surface area contributed by atoms with Crippen molar-refractivity contribution in [3.8, 4) is 33.4 Å². The van der Waals surface area contributed by atoms with E-state index in [-0.39, 0.29) is 0 Å². The molecule has 49 heavy (non-hydrogen) atoms. The Morgan fingerprint density at radius 1 is 0.429 bits per heavy atom. The average Bonchev–Trinajstić information content (AvgIpc) is 3.57. The lowest BCUT2D eigenvalue weighted by atomic mass is 9.80. The van der Waals surface area contributed by atoms with E-state index in [1.54, 1.807) is 0 Å². The Balaban J connectivity index is 1.46. The third-order valence-corrected chi connectivity index (χ3v) is 10.3. The summed E-state index contributed by atoms with van der Waals surface area (Å²) in [6.45, 7) is 0. The fraction of sp³-hybridized carbons (Fsp3) is 0.0417. The second-order valence-electron chi connectivity index (χ2n) is 13.0. The molecule has 10 rings (SSSR count). The van der Waals surface area contributed by atoms with E-state index in [0.717, 1.165) is 40.5 Å². The number of benzene rings is 8. The molecule has 0 saturated heterocycles. The molecular weight excluding hydrogens is 593 g/mol. The minimum absolute atomic E-state index is 0.915. The minimum Gasteiger partial charge on any atom is -0.455 e. The van der Waals surface area contributed by atoms with Crippen LogP contribution in [0.25, 0.3) is 93.2 Å². The molecule has 0 saturated carbocycles. The van der Waals surface area contributed by atoms with Crippen LogP contribution in [0.4, 0.5) is 0 Å². The first kappa shape index (κ1) is 27.9. The van der Waals surface area contributed by atoms with Crippen LogP contribution >= 0.6 is 0 Å². The van der Waals surface area contributed by atoms with Crippen molar-refractivity contribution in [2.24, 2.45) is 0 Å². The van der Waals surface area contributed by atoms with Crippen LogP contribution in [-0.4, -0.2) is 0 Å². The Morgan fingerprint density at radius 2 is 1.00 bits per heavy atom. The van der Waals surface area contributed by atoms with Gasteiger partial charge in [0.2, 0.25) is 0 Å². The monoisotopic (exact) mass is 624 g/mol. The van der Waals surface area contributed by atoms with Gasteiger partial charge in [0.15, 0.2) is 0 Å². The maximum Gasteiger partial charge on any atom is 0.143 e. The topological polar surface area (TPSA) is 13.1 Å². The van der Waals surface area contributed by atoms with Crippen molar-refractivity contribution in [2.45, 2.75) is 12.8 Å². The van der Waals surface area contributed by atoms with Crippen molar-refractivity contribution >= 4 is 59.8 Å². The van der Waals surface area contributed by atoms with Gasteiger partial charge in [-0.05, 0) is 90.9 Å². The third-order valence-electron chi connectivity index (χ3n) is 10.3. The normalized spacial score (nSPS) is 13.2. The standard InChI is InChI=1S/C48H32O/c1-4-16-31(17-5-1)34-28-29-39(36-23-11-10-22-35(34)36)45-38-25-13-12-24-37(38)44(33-20-8-3-9-21-33)46-42(45)30-41(32-18-6-2-7-19-32)48-47(46)40-26-14-15-27-43(40)49-48/h1-8,10-20,22-30H,9,21H2. The Morgan fingerprint density at radius 3 is 1.69 bits per heavy atom. The molecule has 8 aromatic carbocycles. The highest BCUT2D eigenvalue weighted by molar-refractivity contribution is 6.32. The quantitative estimate of drug-likeness (QED) is 0.178. The Bertz CT molecular complexity index is 2800. The molecule has 0 aliphatic heterocycles. The number of fused-ring (bicyclic) bond motifs is 7. The van der Waals surface area contributed by atoms with Gasteiger partial charge in [-0.3, -0.25) is 0 Å². The molecule has 0 bridgehead atoms. The maximum absolute atomic E-state index is 6.85. The predicted octanol–water partition coefficient (Wildman–Crippen LogP) is 13.8. The van der Waals surface area contributed by atoms with Gasteiger partial charge in [-0.25, -0.2) is 0 Å². The molecule has 0 spiro atoms. The van der Waals surface area contributed by atoms with Crippen LogP contribution in [-0.2, 0) is 0 Å². The van der Waals surface area contributed by atoms with Gasteiger partial charge < -0.3 is 4.42 Å². The van der Waals surface area contributed by atoms with E-state index in [1.807, 2.05) is 0 Å². The lowest BCUT2D eigenvalue weighted by Gasteiger charge is -2.22. The lowest BCUT2D eigenvalue weighted by molar-refractivity contribution is 0.670. The summed E-state index contributed by atoms with van der Waals surface area (Å²) in [7, 11) is 0. The Hall–Kier alpha value is -6.18. The van der Waals surface area contributed by atoms with Gasteiger partial charge in [-0.1, -0.05) is 158 Å². The van der Waals surface area contributed by atoms with Crippen LogP contribution in [0, 0.1) is 0 Å². The SMILES string of the molecule is C1=CCCC(c2c3ccccc3c(-c3ccc(-c4ccccc4)c4ccccc34)c3cc(-c4ccccc4)c4oc5ccccc5c4c23)=C1. The van der Waals surface area contributed by atoms with Crippen LogP contribution in [0.5, 0.6) is 0 Å². The summed E-state index contributed by atoms with van der Waals surface area (Å²) >= 11 is 0. The summed E-state index contributed by atoms with van der Waals surface area (Å²) in [5.74, 6) is 0. The summed E-state index contributed by atoms with van der Waals surface area (Å²) in [4.78, 5) is 0. The van der Waals surface area contributed by atoms with Gasteiger partial charge in [0.1, 0.15) is 11.2 Å². The Labute approximate surface area is 285 Å². The molecule has 0 amide bonds. The van der Waals surface area contributed by atoms with Gasteiger partial charge in [0.05, 0.1) is 0 Å². The van der Waals surface area contributed by atoms with E-state index in [4.69, 9.17) is 4.42 Å². The molecule has 0 atom stereocenters. The van der Waals surface area contributed by atoms with E-state index < -0.39 is 0 Å². The van der Waals surface area contributed by atoms with E-state index in [2.05, 4.69) is 170 Å². The first-order valence-electron chi connectivity index (χ1n) is 17.2. The molecule has 1 nitrogen and oxygen atoms in total. The lowest BCUT2D eigenvalue weighted by Crippen LogP contribution is -1.97. The molecule has 230 valence electrons. The van der Waals surface area contributed by atoms with Crippen LogP contribution in [0.15, 0.2) is 174 Å². The predicted molar refractivity (Wildman–Crippen MR) is 209 cm³/mol. The van der Waals surface area contributed by atoms with Gasteiger partial charge in [-0.2, -0.15) is 0 Å². The van der Waals surface area contributed by atoms with E-state index in [0.29, 0.717) is 0 Å². The fourth-order valence-electron chi connectivity index (χ4n) is 8.21. The smallest absolute Gasteiger partial charge is 0.143 e. The van der Waals surface area contributed by atoms with Crippen molar-refractivity contribution < 1.29 is 4.42 Å². The molecule has 0 radical (unpaired) electrons. The highest BCUT2D eigenvalue weighted by Gasteiger charge is 2.25. The first-order chi connectivity index (χ1) is 24.3. The van der Waals surface area contributed by atoms with Crippen molar-refractivity contribution in [1.82, 2.24) is 0 Å². The van der Waals surface area contributed by atoms with E-state index in [1.165, 1.54) is 71.1 Å². The van der Waals surface area contributed by atoms with Gasteiger partial charge in [-0.15, -0.1) is 0 Å². The average molecular weight is 625 g/mol. The highest BCUT2D eigenvalue weighted by Crippen LogP contribution is 2.51. The fourth-order valence-corrected chi connectivity index (χ4v) is 8.21. The first-order valence-corrected chi connectivity index (χ1v) is 17.2. The number of allylic oxidation sites excluding steroid dienone is 4. The largest absolute Gasteiger partial charge is 0.455 e. The summed E-state index contributed by atoms with van der Waals surface area (Å²) in [6.07, 6.45) is 8.87. The van der Waals surface area contributed by atoms with Crippen LogP contribution in [0.2, 0.25) is 0 Å². The maximum atomic E-state index is 6.85. The van der Waals surface area contributed by atoms with Crippen LogP contribution in [0.3, 0.4) is 0 Å². The molecule has 1 aliphatic carbocycles. The van der Waals surface area contributed by atoms with Gasteiger partial charge >= 0.3 is 0 Å². The third kappa shape index (κ3) is 4.33. The van der Waals surface area contributed by atoms with Crippen molar-refractivity contribution in [2.75, 3.05) is 0 Å². The number of hydrogen-bond donors (Lipinski definition) is 0. The zero-order valence-corrected chi connectivity index (χ0v) is 27.0.